The first-order valence-corrected chi connectivity index (χ1v) is 7.20. The van der Waals surface area contributed by atoms with Crippen molar-refractivity contribution in [1.29, 1.82) is 0 Å². The second-order valence-electron chi connectivity index (χ2n) is 5.85. The van der Waals surface area contributed by atoms with Gasteiger partial charge in [-0.3, -0.25) is 4.90 Å². The molecule has 1 aromatic carbocycles. The maximum Gasteiger partial charge on any atom is 0.0233 e. The van der Waals surface area contributed by atoms with Crippen LogP contribution in [0.3, 0.4) is 0 Å². The van der Waals surface area contributed by atoms with Gasteiger partial charge in [0.2, 0.25) is 0 Å². The topological polar surface area (TPSA) is 29.3 Å². The Labute approximate surface area is 111 Å². The Morgan fingerprint density at radius 3 is 2.28 bits per heavy atom. The number of hydrogen-bond acceptors (Lipinski definition) is 2. The Balaban J connectivity index is 1.86. The van der Waals surface area contributed by atoms with E-state index >= 15 is 0 Å². The summed E-state index contributed by atoms with van der Waals surface area (Å²) >= 11 is 0. The quantitative estimate of drug-likeness (QED) is 0.885. The first-order valence-electron chi connectivity index (χ1n) is 7.20. The lowest BCUT2D eigenvalue weighted by molar-refractivity contribution is 0.180. The smallest absolute Gasteiger partial charge is 0.0233 e. The minimum atomic E-state index is 0.624. The summed E-state index contributed by atoms with van der Waals surface area (Å²) in [5, 5.41) is 0. The van der Waals surface area contributed by atoms with Gasteiger partial charge in [-0.25, -0.2) is 0 Å². The van der Waals surface area contributed by atoms with Crippen LogP contribution < -0.4 is 5.73 Å². The van der Waals surface area contributed by atoms with Gasteiger partial charge in [0.25, 0.3) is 0 Å². The lowest BCUT2D eigenvalue weighted by Gasteiger charge is -2.31. The molecular formula is C16H26N2. The van der Waals surface area contributed by atoms with E-state index in [2.05, 4.69) is 43.0 Å². The van der Waals surface area contributed by atoms with Gasteiger partial charge in [0, 0.05) is 6.54 Å². The number of nitrogens with zero attached hydrogens (tertiary/aromatic N) is 1. The van der Waals surface area contributed by atoms with Gasteiger partial charge in [-0.2, -0.15) is 0 Å². The summed E-state index contributed by atoms with van der Waals surface area (Å²) in [6.07, 6.45) is 2.53. The van der Waals surface area contributed by atoms with E-state index in [-0.39, 0.29) is 0 Å². The van der Waals surface area contributed by atoms with Gasteiger partial charge in [0.05, 0.1) is 0 Å². The molecule has 0 saturated carbocycles. The first kappa shape index (κ1) is 13.6. The Morgan fingerprint density at radius 2 is 1.78 bits per heavy atom. The summed E-state index contributed by atoms with van der Waals surface area (Å²) in [6, 6.07) is 9.11. The van der Waals surface area contributed by atoms with Gasteiger partial charge in [0.15, 0.2) is 0 Å². The second kappa shape index (κ2) is 6.35. The highest BCUT2D eigenvalue weighted by atomic mass is 15.1. The zero-order chi connectivity index (χ0) is 13.0. The van der Waals surface area contributed by atoms with Gasteiger partial charge in [-0.1, -0.05) is 38.1 Å². The molecule has 2 N–H and O–H groups in total. The molecule has 1 saturated heterocycles. The predicted octanol–water partition coefficient (Wildman–Crippen LogP) is 2.98. The molecule has 1 heterocycles. The summed E-state index contributed by atoms with van der Waals surface area (Å²) in [6.45, 7) is 8.84. The van der Waals surface area contributed by atoms with Crippen molar-refractivity contribution in [2.75, 3.05) is 19.6 Å². The van der Waals surface area contributed by atoms with Crippen LogP contribution in [0.25, 0.3) is 0 Å². The SMILES string of the molecule is CC(C)c1ccc(CN2CCC(CN)CC2)cc1. The highest BCUT2D eigenvalue weighted by molar-refractivity contribution is 5.24. The average Bonchev–Trinajstić information content (AvgIpc) is 2.40. The molecule has 0 amide bonds. The van der Waals surface area contributed by atoms with Crippen molar-refractivity contribution in [3.63, 3.8) is 0 Å². The van der Waals surface area contributed by atoms with E-state index in [4.69, 9.17) is 5.73 Å². The Bertz CT molecular complexity index is 348. The largest absolute Gasteiger partial charge is 0.330 e. The third-order valence-electron chi connectivity index (χ3n) is 4.09. The summed E-state index contributed by atoms with van der Waals surface area (Å²) in [5.74, 6) is 1.38. The minimum Gasteiger partial charge on any atom is -0.330 e. The van der Waals surface area contributed by atoms with Crippen LogP contribution >= 0.6 is 0 Å². The highest BCUT2D eigenvalue weighted by Gasteiger charge is 2.17. The first-order chi connectivity index (χ1) is 8.69. The van der Waals surface area contributed by atoms with Crippen LogP contribution in [0.15, 0.2) is 24.3 Å². The van der Waals surface area contributed by atoms with E-state index in [1.165, 1.54) is 37.1 Å². The van der Waals surface area contributed by atoms with Gasteiger partial charge in [-0.15, -0.1) is 0 Å². The molecule has 0 aromatic heterocycles. The third-order valence-corrected chi connectivity index (χ3v) is 4.09. The highest BCUT2D eigenvalue weighted by Crippen LogP contribution is 2.19. The van der Waals surface area contributed by atoms with Gasteiger partial charge in [0.1, 0.15) is 0 Å². The molecule has 0 atom stereocenters. The van der Waals surface area contributed by atoms with Crippen molar-refractivity contribution >= 4 is 0 Å². The molecule has 1 fully saturated rings. The number of piperidine rings is 1. The van der Waals surface area contributed by atoms with E-state index in [1.807, 2.05) is 0 Å². The number of nitrogens with two attached hydrogens (primary N) is 1. The van der Waals surface area contributed by atoms with E-state index in [1.54, 1.807) is 0 Å². The zero-order valence-electron chi connectivity index (χ0n) is 11.7. The molecule has 1 aromatic rings. The molecule has 100 valence electrons. The van der Waals surface area contributed by atoms with Crippen LogP contribution in [-0.2, 0) is 6.54 Å². The maximum atomic E-state index is 5.73. The summed E-state index contributed by atoms with van der Waals surface area (Å²) < 4.78 is 0. The summed E-state index contributed by atoms with van der Waals surface area (Å²) in [4.78, 5) is 2.55. The van der Waals surface area contributed by atoms with Crippen LogP contribution in [-0.4, -0.2) is 24.5 Å². The molecule has 0 unspecified atom stereocenters. The average molecular weight is 246 g/mol. The van der Waals surface area contributed by atoms with Crippen LogP contribution in [0, 0.1) is 5.92 Å². The van der Waals surface area contributed by atoms with Crippen LogP contribution in [0.5, 0.6) is 0 Å². The maximum absolute atomic E-state index is 5.73. The number of rotatable bonds is 4. The molecular weight excluding hydrogens is 220 g/mol. The number of likely N-dealkylation sites (tertiary alicyclic amines) is 1. The van der Waals surface area contributed by atoms with Crippen molar-refractivity contribution < 1.29 is 0 Å². The Morgan fingerprint density at radius 1 is 1.17 bits per heavy atom. The van der Waals surface area contributed by atoms with Crippen LogP contribution in [0.4, 0.5) is 0 Å². The fourth-order valence-electron chi connectivity index (χ4n) is 2.65. The van der Waals surface area contributed by atoms with Gasteiger partial charge < -0.3 is 5.73 Å². The molecule has 0 bridgehead atoms. The molecule has 0 radical (unpaired) electrons. The third kappa shape index (κ3) is 3.56. The lowest BCUT2D eigenvalue weighted by atomic mass is 9.96. The number of benzene rings is 1. The summed E-state index contributed by atoms with van der Waals surface area (Å²) in [7, 11) is 0. The van der Waals surface area contributed by atoms with Crippen molar-refractivity contribution in [3.05, 3.63) is 35.4 Å². The Kier molecular flexibility index (Phi) is 4.79. The molecule has 18 heavy (non-hydrogen) atoms. The van der Waals surface area contributed by atoms with Gasteiger partial charge >= 0.3 is 0 Å². The number of hydrogen-bond donors (Lipinski definition) is 1. The second-order valence-corrected chi connectivity index (χ2v) is 5.85. The molecule has 2 heteroatoms. The molecule has 0 aliphatic carbocycles. The van der Waals surface area contributed by atoms with E-state index in [0.29, 0.717) is 5.92 Å². The van der Waals surface area contributed by atoms with E-state index in [9.17, 15) is 0 Å². The fraction of sp³-hybridized carbons (Fsp3) is 0.625. The summed E-state index contributed by atoms with van der Waals surface area (Å²) in [5.41, 5.74) is 8.59. The van der Waals surface area contributed by atoms with Crippen molar-refractivity contribution in [3.8, 4) is 0 Å². The van der Waals surface area contributed by atoms with Crippen molar-refractivity contribution in [1.82, 2.24) is 4.90 Å². The lowest BCUT2D eigenvalue weighted by Crippen LogP contribution is -2.35. The normalized spacial score (nSPS) is 18.4. The van der Waals surface area contributed by atoms with E-state index < -0.39 is 0 Å². The van der Waals surface area contributed by atoms with Crippen molar-refractivity contribution in [2.24, 2.45) is 11.7 Å². The monoisotopic (exact) mass is 246 g/mol. The predicted molar refractivity (Wildman–Crippen MR) is 77.6 cm³/mol. The van der Waals surface area contributed by atoms with Crippen LogP contribution in [0.1, 0.15) is 43.7 Å². The molecule has 1 aliphatic heterocycles. The fourth-order valence-corrected chi connectivity index (χ4v) is 2.65. The van der Waals surface area contributed by atoms with Crippen LogP contribution in [0.2, 0.25) is 0 Å². The Hall–Kier alpha value is -0.860. The standard InChI is InChI=1S/C16H26N2/c1-13(2)16-5-3-15(4-6-16)12-18-9-7-14(11-17)8-10-18/h3-6,13-14H,7-12,17H2,1-2H3. The molecule has 1 aliphatic rings. The van der Waals surface area contributed by atoms with Crippen molar-refractivity contribution in [2.45, 2.75) is 39.2 Å². The zero-order valence-corrected chi connectivity index (χ0v) is 11.7. The molecule has 0 spiro atoms. The van der Waals surface area contributed by atoms with E-state index in [0.717, 1.165) is 19.0 Å². The molecule has 2 rings (SSSR count). The molecule has 2 nitrogen and oxygen atoms in total. The van der Waals surface area contributed by atoms with Gasteiger partial charge in [-0.05, 0) is 55.4 Å². The minimum absolute atomic E-state index is 0.624.